The first-order valence-corrected chi connectivity index (χ1v) is 11.5. The molecule has 28 heavy (non-hydrogen) atoms. The normalized spacial score (nSPS) is 14.9. The van der Waals surface area contributed by atoms with Crippen LogP contribution in [0.15, 0.2) is 29.4 Å². The van der Waals surface area contributed by atoms with E-state index in [1.54, 1.807) is 11.3 Å². The van der Waals surface area contributed by atoms with E-state index >= 15 is 0 Å². The Labute approximate surface area is 177 Å². The summed E-state index contributed by atoms with van der Waals surface area (Å²) in [5.74, 6) is 1.01. The molecule has 1 aliphatic rings. The van der Waals surface area contributed by atoms with E-state index in [0.717, 1.165) is 28.6 Å². The fourth-order valence-electron chi connectivity index (χ4n) is 3.34. The Morgan fingerprint density at radius 1 is 1.21 bits per heavy atom. The minimum absolute atomic E-state index is 0.251. The standard InChI is InChI=1S/C20H22ClN3O2S2/c21-13-7-5-12(6-8-13)9-26-10-14(25)11-27-20-23-18(22)17-15-3-1-2-4-16(15)28-19(17)24-20/h5-8,14,25H,1-4,9-11H2,(H2,22,23,24). The van der Waals surface area contributed by atoms with Crippen LogP contribution in [0.3, 0.4) is 0 Å². The molecular weight excluding hydrogens is 414 g/mol. The van der Waals surface area contributed by atoms with Gasteiger partial charge in [-0.1, -0.05) is 35.5 Å². The van der Waals surface area contributed by atoms with Gasteiger partial charge in [0.15, 0.2) is 5.16 Å². The lowest BCUT2D eigenvalue weighted by molar-refractivity contribution is 0.0398. The summed E-state index contributed by atoms with van der Waals surface area (Å²) >= 11 is 9.01. The van der Waals surface area contributed by atoms with E-state index in [0.29, 0.717) is 28.4 Å². The second-order valence-electron chi connectivity index (χ2n) is 6.89. The molecule has 1 atom stereocenters. The van der Waals surface area contributed by atoms with E-state index in [9.17, 15) is 5.11 Å². The average molecular weight is 436 g/mol. The summed E-state index contributed by atoms with van der Waals surface area (Å²) in [7, 11) is 0. The fraction of sp³-hybridized carbons (Fsp3) is 0.400. The zero-order valence-corrected chi connectivity index (χ0v) is 17.7. The number of nitrogens with two attached hydrogens (primary N) is 1. The Hall–Kier alpha value is -1.38. The van der Waals surface area contributed by atoms with Gasteiger partial charge in [0.2, 0.25) is 0 Å². The summed E-state index contributed by atoms with van der Waals surface area (Å²) in [6, 6.07) is 7.48. The minimum atomic E-state index is -0.602. The molecule has 4 rings (SSSR count). The third kappa shape index (κ3) is 4.60. The van der Waals surface area contributed by atoms with Crippen LogP contribution in [0.1, 0.15) is 28.8 Å². The number of aryl methyl sites for hydroxylation is 2. The number of hydrogen-bond acceptors (Lipinski definition) is 7. The van der Waals surface area contributed by atoms with Crippen molar-refractivity contribution < 1.29 is 9.84 Å². The number of benzene rings is 1. The second-order valence-corrected chi connectivity index (χ2v) is 9.40. The number of thioether (sulfide) groups is 1. The first-order valence-electron chi connectivity index (χ1n) is 9.31. The SMILES string of the molecule is Nc1nc(SCC(O)COCc2ccc(Cl)cc2)nc2sc3c(c12)CCCC3. The number of fused-ring (bicyclic) bond motifs is 3. The monoisotopic (exact) mass is 435 g/mol. The molecule has 0 spiro atoms. The zero-order valence-electron chi connectivity index (χ0n) is 15.4. The highest BCUT2D eigenvalue weighted by atomic mass is 35.5. The topological polar surface area (TPSA) is 81.3 Å². The van der Waals surface area contributed by atoms with Gasteiger partial charge in [-0.15, -0.1) is 11.3 Å². The van der Waals surface area contributed by atoms with E-state index in [1.807, 2.05) is 24.3 Å². The summed E-state index contributed by atoms with van der Waals surface area (Å²) in [5, 5.41) is 12.5. The molecule has 1 aromatic carbocycles. The number of nitrogen functional groups attached to an aromatic ring is 1. The largest absolute Gasteiger partial charge is 0.390 e. The maximum Gasteiger partial charge on any atom is 0.190 e. The van der Waals surface area contributed by atoms with E-state index in [1.165, 1.54) is 35.0 Å². The van der Waals surface area contributed by atoms with E-state index < -0.39 is 6.10 Å². The van der Waals surface area contributed by atoms with Gasteiger partial charge in [-0.25, -0.2) is 9.97 Å². The minimum Gasteiger partial charge on any atom is -0.390 e. The predicted octanol–water partition coefficient (Wildman–Crippen LogP) is 4.48. The quantitative estimate of drug-likeness (QED) is 0.420. The highest BCUT2D eigenvalue weighted by Crippen LogP contribution is 2.38. The van der Waals surface area contributed by atoms with Gasteiger partial charge in [0.1, 0.15) is 10.6 Å². The maximum atomic E-state index is 10.2. The number of hydrogen-bond donors (Lipinski definition) is 2. The van der Waals surface area contributed by atoms with Gasteiger partial charge in [0.25, 0.3) is 0 Å². The first kappa shape index (κ1) is 19.9. The third-order valence-electron chi connectivity index (χ3n) is 4.72. The molecule has 5 nitrogen and oxygen atoms in total. The highest BCUT2D eigenvalue weighted by Gasteiger charge is 2.20. The molecule has 2 heterocycles. The fourth-order valence-corrected chi connectivity index (χ4v) is 5.55. The summed E-state index contributed by atoms with van der Waals surface area (Å²) in [6.45, 7) is 0.690. The van der Waals surface area contributed by atoms with Crippen molar-refractivity contribution in [3.63, 3.8) is 0 Å². The molecule has 0 amide bonds. The van der Waals surface area contributed by atoms with Gasteiger partial charge < -0.3 is 15.6 Å². The second kappa shape index (κ2) is 8.97. The number of nitrogens with zero attached hydrogens (tertiary/aromatic N) is 2. The summed E-state index contributed by atoms with van der Waals surface area (Å²) < 4.78 is 5.59. The number of aromatic nitrogens is 2. The van der Waals surface area contributed by atoms with Crippen molar-refractivity contribution in [3.8, 4) is 0 Å². The predicted molar refractivity (Wildman–Crippen MR) is 116 cm³/mol. The summed E-state index contributed by atoms with van der Waals surface area (Å²) in [4.78, 5) is 11.5. The molecule has 0 saturated carbocycles. The number of halogens is 1. The molecular formula is C20H22ClN3O2S2. The van der Waals surface area contributed by atoms with Gasteiger partial charge in [0, 0.05) is 15.7 Å². The number of aliphatic hydroxyl groups excluding tert-OH is 1. The molecule has 1 unspecified atom stereocenters. The third-order valence-corrected chi connectivity index (χ3v) is 7.15. The number of anilines is 1. The number of rotatable bonds is 7. The van der Waals surface area contributed by atoms with Crippen LogP contribution in [0.4, 0.5) is 5.82 Å². The zero-order chi connectivity index (χ0) is 19.5. The van der Waals surface area contributed by atoms with E-state index in [-0.39, 0.29) is 6.61 Å². The van der Waals surface area contributed by atoms with Crippen LogP contribution in [0.25, 0.3) is 10.2 Å². The molecule has 0 saturated heterocycles. The molecule has 2 aromatic heterocycles. The lowest BCUT2D eigenvalue weighted by Crippen LogP contribution is -2.18. The number of ether oxygens (including phenoxy) is 1. The molecule has 0 aliphatic heterocycles. The van der Waals surface area contributed by atoms with Gasteiger partial charge in [-0.2, -0.15) is 0 Å². The molecule has 3 aromatic rings. The van der Waals surface area contributed by atoms with E-state index in [2.05, 4.69) is 9.97 Å². The van der Waals surface area contributed by atoms with Crippen LogP contribution in [-0.2, 0) is 24.2 Å². The Morgan fingerprint density at radius 3 is 2.82 bits per heavy atom. The van der Waals surface area contributed by atoms with E-state index in [4.69, 9.17) is 22.1 Å². The molecule has 0 fully saturated rings. The van der Waals surface area contributed by atoms with Crippen LogP contribution in [-0.4, -0.2) is 33.5 Å². The number of aliphatic hydroxyl groups is 1. The van der Waals surface area contributed by atoms with Crippen molar-refractivity contribution >= 4 is 50.7 Å². The lowest BCUT2D eigenvalue weighted by atomic mass is 9.97. The average Bonchev–Trinajstić information content (AvgIpc) is 3.07. The van der Waals surface area contributed by atoms with Gasteiger partial charge in [0.05, 0.1) is 24.7 Å². The Bertz CT molecular complexity index is 962. The summed E-state index contributed by atoms with van der Waals surface area (Å²) in [5.41, 5.74) is 8.60. The highest BCUT2D eigenvalue weighted by molar-refractivity contribution is 7.99. The van der Waals surface area contributed by atoms with Crippen molar-refractivity contribution in [1.29, 1.82) is 0 Å². The van der Waals surface area contributed by atoms with Crippen molar-refractivity contribution in [2.45, 2.75) is 43.6 Å². The van der Waals surface area contributed by atoms with Crippen LogP contribution in [0, 0.1) is 0 Å². The molecule has 0 radical (unpaired) electrons. The molecule has 1 aliphatic carbocycles. The van der Waals surface area contributed by atoms with Crippen LogP contribution < -0.4 is 5.73 Å². The molecule has 148 valence electrons. The molecule has 3 N–H and O–H groups in total. The lowest BCUT2D eigenvalue weighted by Gasteiger charge is -2.12. The first-order chi connectivity index (χ1) is 13.6. The van der Waals surface area contributed by atoms with Crippen molar-refractivity contribution in [1.82, 2.24) is 9.97 Å². The van der Waals surface area contributed by atoms with Crippen molar-refractivity contribution in [2.75, 3.05) is 18.1 Å². The van der Waals surface area contributed by atoms with Gasteiger partial charge >= 0.3 is 0 Å². The van der Waals surface area contributed by atoms with Gasteiger partial charge in [-0.3, -0.25) is 0 Å². The van der Waals surface area contributed by atoms with Crippen LogP contribution in [0.2, 0.25) is 5.02 Å². The Kier molecular flexibility index (Phi) is 6.38. The smallest absolute Gasteiger partial charge is 0.190 e. The van der Waals surface area contributed by atoms with Crippen molar-refractivity contribution in [3.05, 3.63) is 45.3 Å². The van der Waals surface area contributed by atoms with Crippen LogP contribution in [0.5, 0.6) is 0 Å². The molecule has 8 heteroatoms. The van der Waals surface area contributed by atoms with Crippen molar-refractivity contribution in [2.24, 2.45) is 0 Å². The molecule has 0 bridgehead atoms. The Morgan fingerprint density at radius 2 is 2.00 bits per heavy atom. The summed E-state index contributed by atoms with van der Waals surface area (Å²) in [6.07, 6.45) is 4.02. The van der Waals surface area contributed by atoms with Crippen LogP contribution >= 0.6 is 34.7 Å². The Balaban J connectivity index is 1.32. The maximum absolute atomic E-state index is 10.2. The van der Waals surface area contributed by atoms with Gasteiger partial charge in [-0.05, 0) is 48.9 Å². The number of thiophene rings is 1.